The molecule has 2 nitrogen and oxygen atoms in total. The number of hydrogen-bond donors (Lipinski definition) is 0. The average molecular weight is 433 g/mol. The van der Waals surface area contributed by atoms with Crippen LogP contribution in [0.5, 0.6) is 5.75 Å². The lowest BCUT2D eigenvalue weighted by Crippen LogP contribution is -2.19. The topological polar surface area (TPSA) is 18.5 Å². The monoisotopic (exact) mass is 432 g/mol. The Morgan fingerprint density at radius 2 is 1.27 bits per heavy atom. The molecule has 0 atom stereocenters. The lowest BCUT2D eigenvalue weighted by molar-refractivity contribution is -0.0496. The van der Waals surface area contributed by atoms with Gasteiger partial charge in [0.25, 0.3) is 0 Å². The Balaban J connectivity index is 1.18. The highest BCUT2D eigenvalue weighted by molar-refractivity contribution is 5.87. The van der Waals surface area contributed by atoms with Crippen LogP contribution in [0, 0.1) is 11.8 Å². The van der Waals surface area contributed by atoms with Gasteiger partial charge in [-0.25, -0.2) is 0 Å². The Labute approximate surface area is 196 Å². The van der Waals surface area contributed by atoms with E-state index in [1.54, 1.807) is 0 Å². The lowest BCUT2D eigenvalue weighted by Gasteiger charge is -2.21. The third-order valence-corrected chi connectivity index (χ3v) is 6.25. The van der Waals surface area contributed by atoms with Crippen molar-refractivity contribution < 1.29 is 9.47 Å². The Morgan fingerprint density at radius 1 is 0.636 bits per heavy atom. The summed E-state index contributed by atoms with van der Waals surface area (Å²) < 4.78 is 11.6. The van der Waals surface area contributed by atoms with E-state index in [9.17, 15) is 0 Å². The van der Waals surface area contributed by atoms with Crippen LogP contribution in [0.2, 0.25) is 0 Å². The molecular weight excluding hydrogens is 404 g/mol. The molecule has 1 saturated carbocycles. The third-order valence-electron chi connectivity index (χ3n) is 6.25. The molecule has 0 bridgehead atoms. The predicted molar refractivity (Wildman–Crippen MR) is 135 cm³/mol. The van der Waals surface area contributed by atoms with Gasteiger partial charge in [-0.15, -0.1) is 0 Å². The molecule has 0 unspecified atom stereocenters. The quantitative estimate of drug-likeness (QED) is 0.239. The van der Waals surface area contributed by atoms with Gasteiger partial charge >= 0.3 is 0 Å². The van der Waals surface area contributed by atoms with Crippen molar-refractivity contribution in [2.24, 2.45) is 0 Å². The molecule has 1 aliphatic carbocycles. The van der Waals surface area contributed by atoms with Crippen LogP contribution in [-0.4, -0.2) is 12.9 Å². The first-order chi connectivity index (χ1) is 16.3. The van der Waals surface area contributed by atoms with Gasteiger partial charge < -0.3 is 9.47 Å². The van der Waals surface area contributed by atoms with Gasteiger partial charge in [0.15, 0.2) is 6.79 Å². The van der Waals surface area contributed by atoms with Crippen molar-refractivity contribution in [1.82, 2.24) is 0 Å². The Bertz CT molecular complexity index is 1250. The van der Waals surface area contributed by atoms with Crippen molar-refractivity contribution in [3.8, 4) is 28.7 Å². The van der Waals surface area contributed by atoms with E-state index < -0.39 is 0 Å². The molecule has 0 aliphatic heterocycles. The standard InChI is InChI=1S/C31H28O2/c1-2-8-30(9-3-1)32-23-33-31-20-14-25(15-21-31)11-10-24-12-16-27(17-13-24)29-19-18-26-6-4-5-7-28(26)22-29/h4-7,12-22,30H,1-3,8-9,23H2. The first kappa shape index (κ1) is 21.3. The van der Waals surface area contributed by atoms with E-state index in [0.29, 0.717) is 12.9 Å². The molecule has 33 heavy (non-hydrogen) atoms. The summed E-state index contributed by atoms with van der Waals surface area (Å²) in [6.45, 7) is 0.319. The summed E-state index contributed by atoms with van der Waals surface area (Å²) in [5.41, 5.74) is 4.38. The van der Waals surface area contributed by atoms with Crippen molar-refractivity contribution in [3.05, 3.63) is 102 Å². The van der Waals surface area contributed by atoms with E-state index in [1.165, 1.54) is 41.2 Å². The van der Waals surface area contributed by atoms with Gasteiger partial charge in [0, 0.05) is 11.1 Å². The van der Waals surface area contributed by atoms with Gasteiger partial charge in [-0.2, -0.15) is 0 Å². The molecule has 0 saturated heterocycles. The lowest BCUT2D eigenvalue weighted by atomic mass is 9.98. The predicted octanol–water partition coefficient (Wildman–Crippen LogP) is 7.59. The first-order valence-electron chi connectivity index (χ1n) is 11.8. The highest BCUT2D eigenvalue weighted by Gasteiger charge is 2.13. The van der Waals surface area contributed by atoms with Crippen LogP contribution in [0.3, 0.4) is 0 Å². The van der Waals surface area contributed by atoms with Crippen LogP contribution in [0.25, 0.3) is 21.9 Å². The fourth-order valence-corrected chi connectivity index (χ4v) is 4.32. The van der Waals surface area contributed by atoms with Crippen LogP contribution in [0.15, 0.2) is 91.0 Å². The van der Waals surface area contributed by atoms with E-state index in [0.717, 1.165) is 29.7 Å². The Kier molecular flexibility index (Phi) is 6.71. The van der Waals surface area contributed by atoms with Gasteiger partial charge in [0.05, 0.1) is 6.10 Å². The maximum Gasteiger partial charge on any atom is 0.189 e. The third kappa shape index (κ3) is 5.64. The van der Waals surface area contributed by atoms with Crippen molar-refractivity contribution in [2.45, 2.75) is 38.2 Å². The highest BCUT2D eigenvalue weighted by Crippen LogP contribution is 2.25. The minimum atomic E-state index is 0.319. The molecule has 0 amide bonds. The summed E-state index contributed by atoms with van der Waals surface area (Å²) in [6.07, 6.45) is 6.53. The molecule has 1 aliphatic rings. The summed E-state index contributed by atoms with van der Waals surface area (Å²) in [4.78, 5) is 0. The number of rotatable bonds is 5. The Morgan fingerprint density at radius 3 is 2.00 bits per heavy atom. The van der Waals surface area contributed by atoms with Crippen molar-refractivity contribution in [2.75, 3.05) is 6.79 Å². The second-order valence-corrected chi connectivity index (χ2v) is 8.60. The number of fused-ring (bicyclic) bond motifs is 1. The molecule has 0 spiro atoms. The SMILES string of the molecule is C(#Cc1ccc(-c2ccc3ccccc3c2)cc1)c1ccc(OCOC2CCCCC2)cc1. The zero-order valence-corrected chi connectivity index (χ0v) is 18.8. The van der Waals surface area contributed by atoms with E-state index in [-0.39, 0.29) is 0 Å². The molecule has 5 rings (SSSR count). The molecule has 0 N–H and O–H groups in total. The normalized spacial score (nSPS) is 13.9. The van der Waals surface area contributed by atoms with Crippen molar-refractivity contribution >= 4 is 10.8 Å². The minimum absolute atomic E-state index is 0.319. The molecule has 4 aromatic carbocycles. The minimum Gasteiger partial charge on any atom is -0.468 e. The van der Waals surface area contributed by atoms with Crippen molar-refractivity contribution in [1.29, 1.82) is 0 Å². The first-order valence-corrected chi connectivity index (χ1v) is 11.8. The maximum atomic E-state index is 5.83. The van der Waals surface area contributed by atoms with Crippen LogP contribution >= 0.6 is 0 Å². The molecular formula is C31H28O2. The maximum absolute atomic E-state index is 5.83. The van der Waals surface area contributed by atoms with Gasteiger partial charge in [0.2, 0.25) is 0 Å². The molecule has 2 heteroatoms. The van der Waals surface area contributed by atoms with Crippen LogP contribution < -0.4 is 4.74 Å². The summed E-state index contributed by atoms with van der Waals surface area (Å²) >= 11 is 0. The fraction of sp³-hybridized carbons (Fsp3) is 0.226. The molecule has 164 valence electrons. The smallest absolute Gasteiger partial charge is 0.189 e. The molecule has 0 radical (unpaired) electrons. The van der Waals surface area contributed by atoms with Crippen LogP contribution in [-0.2, 0) is 4.74 Å². The summed E-state index contributed by atoms with van der Waals surface area (Å²) in [5.74, 6) is 7.32. The molecule has 1 fully saturated rings. The van der Waals surface area contributed by atoms with Gasteiger partial charge in [-0.1, -0.05) is 79.6 Å². The average Bonchev–Trinajstić information content (AvgIpc) is 2.89. The Hall–Kier alpha value is -3.54. The largest absolute Gasteiger partial charge is 0.468 e. The van der Waals surface area contributed by atoms with E-state index in [2.05, 4.69) is 78.6 Å². The summed E-state index contributed by atoms with van der Waals surface area (Å²) in [6, 6.07) is 31.4. The zero-order valence-electron chi connectivity index (χ0n) is 18.8. The van der Waals surface area contributed by atoms with E-state index in [1.807, 2.05) is 24.3 Å². The number of ether oxygens (including phenoxy) is 2. The zero-order chi connectivity index (χ0) is 22.3. The second kappa shape index (κ2) is 10.4. The van der Waals surface area contributed by atoms with Gasteiger partial charge in [-0.05, 0) is 77.2 Å². The molecule has 0 heterocycles. The highest BCUT2D eigenvalue weighted by atomic mass is 16.7. The number of benzene rings is 4. The fourth-order valence-electron chi connectivity index (χ4n) is 4.32. The van der Waals surface area contributed by atoms with Crippen molar-refractivity contribution in [3.63, 3.8) is 0 Å². The van der Waals surface area contributed by atoms with E-state index >= 15 is 0 Å². The van der Waals surface area contributed by atoms with Crippen LogP contribution in [0.4, 0.5) is 0 Å². The molecule has 4 aromatic rings. The van der Waals surface area contributed by atoms with Gasteiger partial charge in [0.1, 0.15) is 5.75 Å². The molecule has 0 aromatic heterocycles. The number of hydrogen-bond acceptors (Lipinski definition) is 2. The van der Waals surface area contributed by atoms with Gasteiger partial charge in [-0.3, -0.25) is 0 Å². The second-order valence-electron chi connectivity index (χ2n) is 8.60. The summed E-state index contributed by atoms with van der Waals surface area (Å²) in [5, 5.41) is 2.52. The van der Waals surface area contributed by atoms with Crippen LogP contribution in [0.1, 0.15) is 43.2 Å². The van der Waals surface area contributed by atoms with E-state index in [4.69, 9.17) is 9.47 Å². The summed E-state index contributed by atoms with van der Waals surface area (Å²) in [7, 11) is 0.